The van der Waals surface area contributed by atoms with Crippen molar-refractivity contribution in [2.75, 3.05) is 13.6 Å². The lowest BCUT2D eigenvalue weighted by atomic mass is 10.1. The van der Waals surface area contributed by atoms with Gasteiger partial charge < -0.3 is 9.64 Å². The zero-order chi connectivity index (χ0) is 22.2. The number of halogens is 1. The Labute approximate surface area is 193 Å². The van der Waals surface area contributed by atoms with Crippen LogP contribution in [0.25, 0.3) is 0 Å². The van der Waals surface area contributed by atoms with Crippen LogP contribution in [0.2, 0.25) is 0 Å². The van der Waals surface area contributed by atoms with Crippen molar-refractivity contribution < 1.29 is 4.74 Å². The summed E-state index contributed by atoms with van der Waals surface area (Å²) < 4.78 is 6.94. The molecule has 1 atom stereocenters. The summed E-state index contributed by atoms with van der Waals surface area (Å²) in [6.07, 6.45) is 1.63. The summed E-state index contributed by atoms with van der Waals surface area (Å²) in [5, 5.41) is 0. The molecule has 0 radical (unpaired) electrons. The summed E-state index contributed by atoms with van der Waals surface area (Å²) in [5.74, 6) is 6.97. The van der Waals surface area contributed by atoms with Crippen LogP contribution in [0.5, 0.6) is 5.88 Å². The summed E-state index contributed by atoms with van der Waals surface area (Å²) in [7, 11) is 1.98. The van der Waals surface area contributed by atoms with E-state index in [0.717, 1.165) is 39.1 Å². The van der Waals surface area contributed by atoms with Crippen LogP contribution in [0.15, 0.2) is 70.1 Å². The van der Waals surface area contributed by atoms with E-state index in [-0.39, 0.29) is 6.10 Å². The summed E-state index contributed by atoms with van der Waals surface area (Å²) in [5.41, 5.74) is 4.61. The van der Waals surface area contributed by atoms with Gasteiger partial charge in [-0.2, -0.15) is 0 Å². The van der Waals surface area contributed by atoms with Gasteiger partial charge in [-0.3, -0.25) is 0 Å². The Morgan fingerprint density at radius 1 is 1.10 bits per heavy atom. The van der Waals surface area contributed by atoms with Crippen molar-refractivity contribution in [2.45, 2.75) is 26.9 Å². The van der Waals surface area contributed by atoms with Crippen molar-refractivity contribution in [3.63, 3.8) is 0 Å². The minimum atomic E-state index is -0.178. The highest BCUT2D eigenvalue weighted by Crippen LogP contribution is 2.32. The number of hydrogen-bond acceptors (Lipinski definition) is 3. The molecule has 158 valence electrons. The molecular weight excluding hydrogens is 450 g/mol. The number of aryl methyl sites for hydroxylation is 1. The normalized spacial score (nSPS) is 11.6. The van der Waals surface area contributed by atoms with Gasteiger partial charge in [0.1, 0.15) is 6.10 Å². The molecule has 0 bridgehead atoms. The Hall–Kier alpha value is -3.10. The second-order valence-electron chi connectivity index (χ2n) is 7.20. The number of aliphatic imine (C=N–C) groups is 1. The largest absolute Gasteiger partial charge is 0.469 e. The average molecular weight is 476 g/mol. The van der Waals surface area contributed by atoms with E-state index < -0.39 is 0 Å². The van der Waals surface area contributed by atoms with Crippen molar-refractivity contribution in [3.05, 3.63) is 87.5 Å². The van der Waals surface area contributed by atoms with Gasteiger partial charge in [-0.05, 0) is 72.6 Å². The van der Waals surface area contributed by atoms with Crippen molar-refractivity contribution in [2.24, 2.45) is 4.99 Å². The monoisotopic (exact) mass is 475 g/mol. The molecule has 0 amide bonds. The summed E-state index contributed by atoms with van der Waals surface area (Å²) in [6.45, 7) is 6.91. The first kappa shape index (κ1) is 22.6. The quantitative estimate of drug-likeness (QED) is 0.238. The van der Waals surface area contributed by atoms with Gasteiger partial charge in [0, 0.05) is 24.7 Å². The van der Waals surface area contributed by atoms with Crippen LogP contribution in [0.1, 0.15) is 42.3 Å². The predicted molar refractivity (Wildman–Crippen MR) is 131 cm³/mol. The third-order valence-electron chi connectivity index (χ3n) is 4.77. The predicted octanol–water partition coefficient (Wildman–Crippen LogP) is 6.30. The Kier molecular flexibility index (Phi) is 7.86. The van der Waals surface area contributed by atoms with Crippen LogP contribution in [0, 0.1) is 18.8 Å². The van der Waals surface area contributed by atoms with Gasteiger partial charge in [-0.25, -0.2) is 9.98 Å². The lowest BCUT2D eigenvalue weighted by Gasteiger charge is -2.17. The highest BCUT2D eigenvalue weighted by Gasteiger charge is 2.13. The van der Waals surface area contributed by atoms with Crippen molar-refractivity contribution in [1.82, 2.24) is 9.88 Å². The molecule has 0 N–H and O–H groups in total. The van der Waals surface area contributed by atoms with E-state index in [0.29, 0.717) is 5.88 Å². The van der Waals surface area contributed by atoms with Gasteiger partial charge in [0.15, 0.2) is 0 Å². The number of hydrogen-bond donors (Lipinski definition) is 0. The van der Waals surface area contributed by atoms with Gasteiger partial charge >= 0.3 is 0 Å². The van der Waals surface area contributed by atoms with E-state index in [1.54, 1.807) is 0 Å². The van der Waals surface area contributed by atoms with Crippen LogP contribution < -0.4 is 4.74 Å². The Bertz CT molecular complexity index is 1120. The molecule has 0 aliphatic rings. The van der Waals surface area contributed by atoms with Crippen molar-refractivity contribution in [3.8, 4) is 17.7 Å². The lowest BCUT2D eigenvalue weighted by molar-refractivity contribution is 0.215. The van der Waals surface area contributed by atoms with Crippen molar-refractivity contribution in [1.29, 1.82) is 0 Å². The smallest absolute Gasteiger partial charge is 0.228 e. The number of aromatic nitrogens is 1. The SMILES string of the molecule is CCN(C)C=Nc1cc(Br)c(OC(C)c2cccc(C#Cc3ccccc3)c2)nc1C. The molecule has 0 saturated carbocycles. The topological polar surface area (TPSA) is 37.7 Å². The number of rotatable bonds is 6. The molecule has 31 heavy (non-hydrogen) atoms. The number of ether oxygens (including phenoxy) is 1. The highest BCUT2D eigenvalue weighted by atomic mass is 79.9. The second kappa shape index (κ2) is 10.8. The van der Waals surface area contributed by atoms with E-state index in [1.165, 1.54) is 0 Å². The Morgan fingerprint density at radius 3 is 2.55 bits per heavy atom. The summed E-state index contributed by atoms with van der Waals surface area (Å²) in [6, 6.07) is 20.0. The summed E-state index contributed by atoms with van der Waals surface area (Å²) >= 11 is 3.57. The maximum Gasteiger partial charge on any atom is 0.228 e. The number of nitrogens with zero attached hydrogens (tertiary/aromatic N) is 3. The first-order valence-electron chi connectivity index (χ1n) is 10.2. The van der Waals surface area contributed by atoms with Crippen LogP contribution in [0.4, 0.5) is 5.69 Å². The number of benzene rings is 2. The van der Waals surface area contributed by atoms with E-state index in [9.17, 15) is 0 Å². The molecule has 1 heterocycles. The summed E-state index contributed by atoms with van der Waals surface area (Å²) in [4.78, 5) is 11.1. The molecule has 3 aromatic rings. The molecule has 0 fully saturated rings. The third-order valence-corrected chi connectivity index (χ3v) is 5.34. The van der Waals surface area contributed by atoms with Gasteiger partial charge in [0.2, 0.25) is 5.88 Å². The first-order chi connectivity index (χ1) is 15.0. The van der Waals surface area contributed by atoms with Crippen LogP contribution in [0.3, 0.4) is 0 Å². The van der Waals surface area contributed by atoms with E-state index >= 15 is 0 Å². The molecular formula is C26H26BrN3O. The fourth-order valence-corrected chi connectivity index (χ4v) is 3.17. The van der Waals surface area contributed by atoms with E-state index in [1.807, 2.05) is 86.7 Å². The third kappa shape index (κ3) is 6.44. The fraction of sp³-hybridized carbons (Fsp3) is 0.231. The molecule has 0 aliphatic heterocycles. The van der Waals surface area contributed by atoms with Crippen LogP contribution in [-0.2, 0) is 0 Å². The molecule has 0 aliphatic carbocycles. The van der Waals surface area contributed by atoms with E-state index in [2.05, 4.69) is 50.7 Å². The van der Waals surface area contributed by atoms with Gasteiger partial charge in [0.25, 0.3) is 0 Å². The minimum absolute atomic E-state index is 0.178. The zero-order valence-corrected chi connectivity index (χ0v) is 19.8. The molecule has 2 aromatic carbocycles. The van der Waals surface area contributed by atoms with Gasteiger partial charge in [-0.1, -0.05) is 42.2 Å². The molecule has 0 spiro atoms. The zero-order valence-electron chi connectivity index (χ0n) is 18.3. The maximum absolute atomic E-state index is 6.16. The van der Waals surface area contributed by atoms with E-state index in [4.69, 9.17) is 4.74 Å². The maximum atomic E-state index is 6.16. The molecule has 4 nitrogen and oxygen atoms in total. The number of pyridine rings is 1. The second-order valence-corrected chi connectivity index (χ2v) is 8.05. The minimum Gasteiger partial charge on any atom is -0.469 e. The molecule has 0 saturated heterocycles. The van der Waals surface area contributed by atoms with Crippen molar-refractivity contribution >= 4 is 28.0 Å². The Balaban J connectivity index is 1.76. The van der Waals surface area contributed by atoms with Gasteiger partial charge in [0.05, 0.1) is 22.2 Å². The van der Waals surface area contributed by atoms with Crippen LogP contribution >= 0.6 is 15.9 Å². The molecule has 1 aromatic heterocycles. The highest BCUT2D eigenvalue weighted by molar-refractivity contribution is 9.10. The Morgan fingerprint density at radius 2 is 1.81 bits per heavy atom. The lowest BCUT2D eigenvalue weighted by Crippen LogP contribution is -2.14. The molecule has 5 heteroatoms. The molecule has 1 unspecified atom stereocenters. The average Bonchev–Trinajstić information content (AvgIpc) is 2.79. The van der Waals surface area contributed by atoms with Gasteiger partial charge in [-0.15, -0.1) is 0 Å². The first-order valence-corrected chi connectivity index (χ1v) is 11.0. The molecule has 3 rings (SSSR count). The fourth-order valence-electron chi connectivity index (χ4n) is 2.78. The standard InChI is InChI=1S/C26H26BrN3O/c1-5-30(4)18-28-25-17-24(27)26(29-19(25)2)31-20(3)23-13-9-12-22(16-23)15-14-21-10-7-6-8-11-21/h6-13,16-18,20H,5H2,1-4H3. The van der Waals surface area contributed by atoms with Crippen LogP contribution in [-0.4, -0.2) is 29.8 Å².